The summed E-state index contributed by atoms with van der Waals surface area (Å²) < 4.78 is 0. The van der Waals surface area contributed by atoms with Gasteiger partial charge < -0.3 is 9.80 Å². The minimum absolute atomic E-state index is 0. The zero-order valence-electron chi connectivity index (χ0n) is 9.23. The predicted octanol–water partition coefficient (Wildman–Crippen LogP) is 1.64. The van der Waals surface area contributed by atoms with Crippen LogP contribution >= 0.6 is 24.0 Å². The lowest BCUT2D eigenvalue weighted by molar-refractivity contribution is 0.202. The van der Waals surface area contributed by atoms with Gasteiger partial charge in [0.2, 0.25) is 0 Å². The van der Waals surface area contributed by atoms with E-state index in [1.807, 2.05) is 0 Å². The molecule has 0 aromatic heterocycles. The van der Waals surface area contributed by atoms with Crippen molar-refractivity contribution < 1.29 is 0 Å². The van der Waals surface area contributed by atoms with Gasteiger partial charge in [0.15, 0.2) is 5.96 Å². The number of hydrogen-bond donors (Lipinski definition) is 0. The second kappa shape index (κ2) is 4.68. The lowest BCUT2D eigenvalue weighted by Gasteiger charge is -2.37. The Morgan fingerprint density at radius 2 is 2.07 bits per heavy atom. The Hall–Kier alpha value is 0. The largest absolute Gasteiger partial charge is 0.349 e. The van der Waals surface area contributed by atoms with Gasteiger partial charge >= 0.3 is 0 Å². The molecule has 82 valence electrons. The third kappa shape index (κ3) is 2.15. The van der Waals surface area contributed by atoms with Crippen LogP contribution in [-0.2, 0) is 0 Å². The van der Waals surface area contributed by atoms with E-state index in [2.05, 4.69) is 35.8 Å². The summed E-state index contributed by atoms with van der Waals surface area (Å²) in [6, 6.07) is 0.702. The lowest BCUT2D eigenvalue weighted by Crippen LogP contribution is -2.47. The number of piperidine rings is 1. The van der Waals surface area contributed by atoms with Crippen LogP contribution in [0.2, 0.25) is 0 Å². The number of nitrogens with zero attached hydrogens (tertiary/aromatic N) is 3. The molecule has 0 radical (unpaired) electrons. The Balaban J connectivity index is 0.000000980. The van der Waals surface area contributed by atoms with Gasteiger partial charge in [-0.15, -0.1) is 24.0 Å². The molecule has 2 aliphatic heterocycles. The Kier molecular flexibility index (Phi) is 4.04. The fourth-order valence-electron chi connectivity index (χ4n) is 2.32. The molecule has 1 saturated heterocycles. The molecule has 2 unspecified atom stereocenters. The lowest BCUT2D eigenvalue weighted by atomic mass is 9.95. The molecule has 2 atom stereocenters. The molecule has 3 nitrogen and oxygen atoms in total. The van der Waals surface area contributed by atoms with E-state index in [1.54, 1.807) is 0 Å². The molecule has 0 amide bonds. The van der Waals surface area contributed by atoms with Crippen molar-refractivity contribution in [2.24, 2.45) is 10.9 Å². The second-order valence-corrected chi connectivity index (χ2v) is 4.52. The van der Waals surface area contributed by atoms with Crippen LogP contribution in [-0.4, -0.2) is 49.0 Å². The number of guanidine groups is 1. The van der Waals surface area contributed by atoms with Crippen molar-refractivity contribution >= 4 is 29.9 Å². The van der Waals surface area contributed by atoms with E-state index in [9.17, 15) is 0 Å². The molecular formula is C10H20IN3. The van der Waals surface area contributed by atoms with Crippen molar-refractivity contribution in [2.75, 3.05) is 27.2 Å². The molecule has 2 heterocycles. The molecule has 0 saturated carbocycles. The number of fused-ring (bicyclic) bond motifs is 1. The van der Waals surface area contributed by atoms with Crippen LogP contribution in [0.15, 0.2) is 4.99 Å². The van der Waals surface area contributed by atoms with E-state index in [0.29, 0.717) is 6.04 Å². The first-order chi connectivity index (χ1) is 6.18. The Morgan fingerprint density at radius 1 is 1.36 bits per heavy atom. The monoisotopic (exact) mass is 309 g/mol. The van der Waals surface area contributed by atoms with Gasteiger partial charge in [-0.2, -0.15) is 0 Å². The first kappa shape index (κ1) is 12.1. The summed E-state index contributed by atoms with van der Waals surface area (Å²) in [4.78, 5) is 9.20. The fraction of sp³-hybridized carbons (Fsp3) is 0.900. The van der Waals surface area contributed by atoms with Crippen LogP contribution in [0, 0.1) is 5.92 Å². The van der Waals surface area contributed by atoms with Gasteiger partial charge in [-0.25, -0.2) is 0 Å². The van der Waals surface area contributed by atoms with E-state index in [0.717, 1.165) is 12.5 Å². The highest BCUT2D eigenvalue weighted by atomic mass is 127. The van der Waals surface area contributed by atoms with E-state index in [4.69, 9.17) is 0 Å². The molecule has 0 aliphatic carbocycles. The molecule has 2 aliphatic rings. The smallest absolute Gasteiger partial charge is 0.196 e. The van der Waals surface area contributed by atoms with Crippen LogP contribution in [0.1, 0.15) is 19.8 Å². The number of aliphatic imine (C=N–C) groups is 1. The van der Waals surface area contributed by atoms with Gasteiger partial charge in [0.25, 0.3) is 0 Å². The van der Waals surface area contributed by atoms with Crippen molar-refractivity contribution in [1.29, 1.82) is 0 Å². The van der Waals surface area contributed by atoms with E-state index in [1.165, 1.54) is 25.3 Å². The molecular weight excluding hydrogens is 289 g/mol. The highest BCUT2D eigenvalue weighted by molar-refractivity contribution is 14.0. The molecule has 1 fully saturated rings. The number of hydrogen-bond acceptors (Lipinski definition) is 3. The zero-order valence-corrected chi connectivity index (χ0v) is 11.6. The maximum Gasteiger partial charge on any atom is 0.196 e. The highest BCUT2D eigenvalue weighted by Gasteiger charge is 2.33. The van der Waals surface area contributed by atoms with Crippen LogP contribution in [0.3, 0.4) is 0 Å². The van der Waals surface area contributed by atoms with Crippen molar-refractivity contribution in [1.82, 2.24) is 9.80 Å². The minimum Gasteiger partial charge on any atom is -0.349 e. The second-order valence-electron chi connectivity index (χ2n) is 4.52. The summed E-state index contributed by atoms with van der Waals surface area (Å²) in [5, 5.41) is 0. The Morgan fingerprint density at radius 3 is 2.71 bits per heavy atom. The summed E-state index contributed by atoms with van der Waals surface area (Å²) in [6.45, 7) is 4.55. The third-order valence-electron chi connectivity index (χ3n) is 3.04. The maximum atomic E-state index is 4.58. The zero-order chi connectivity index (χ0) is 9.42. The molecule has 0 bridgehead atoms. The normalized spacial score (nSPS) is 30.5. The maximum absolute atomic E-state index is 4.58. The fourth-order valence-corrected chi connectivity index (χ4v) is 2.32. The average molecular weight is 309 g/mol. The SMILES string of the molecule is CC1CCC2CN=C(N(C)C)N2C1.I. The summed E-state index contributed by atoms with van der Waals surface area (Å²) in [7, 11) is 4.17. The molecule has 14 heavy (non-hydrogen) atoms. The van der Waals surface area contributed by atoms with Gasteiger partial charge in [0, 0.05) is 20.6 Å². The topological polar surface area (TPSA) is 18.8 Å². The summed E-state index contributed by atoms with van der Waals surface area (Å²) in [5.41, 5.74) is 0. The molecule has 4 heteroatoms. The van der Waals surface area contributed by atoms with Crippen LogP contribution in [0.25, 0.3) is 0 Å². The minimum atomic E-state index is 0. The summed E-state index contributed by atoms with van der Waals surface area (Å²) in [6.07, 6.45) is 2.69. The Bertz CT molecular complexity index is 227. The molecule has 0 aromatic rings. The van der Waals surface area contributed by atoms with Crippen molar-refractivity contribution in [3.8, 4) is 0 Å². The first-order valence-corrected chi connectivity index (χ1v) is 5.17. The van der Waals surface area contributed by atoms with Crippen molar-refractivity contribution in [3.05, 3.63) is 0 Å². The van der Waals surface area contributed by atoms with Crippen molar-refractivity contribution in [2.45, 2.75) is 25.8 Å². The molecule has 2 rings (SSSR count). The predicted molar refractivity (Wildman–Crippen MR) is 70.3 cm³/mol. The molecule has 0 aromatic carbocycles. The highest BCUT2D eigenvalue weighted by Crippen LogP contribution is 2.26. The van der Waals surface area contributed by atoms with E-state index < -0.39 is 0 Å². The number of rotatable bonds is 0. The van der Waals surface area contributed by atoms with Gasteiger partial charge in [-0.3, -0.25) is 4.99 Å². The van der Waals surface area contributed by atoms with Crippen LogP contribution in [0.4, 0.5) is 0 Å². The van der Waals surface area contributed by atoms with Gasteiger partial charge in [-0.05, 0) is 18.8 Å². The first-order valence-electron chi connectivity index (χ1n) is 5.17. The summed E-state index contributed by atoms with van der Waals surface area (Å²) >= 11 is 0. The summed E-state index contributed by atoms with van der Waals surface area (Å²) in [5.74, 6) is 2.02. The molecule has 0 N–H and O–H groups in total. The standard InChI is InChI=1S/C10H19N3.HI/c1-8-4-5-9-6-11-10(12(2)3)13(9)7-8;/h8-9H,4-7H2,1-3H3;1H. The third-order valence-corrected chi connectivity index (χ3v) is 3.04. The van der Waals surface area contributed by atoms with E-state index in [-0.39, 0.29) is 24.0 Å². The van der Waals surface area contributed by atoms with Crippen LogP contribution in [0.5, 0.6) is 0 Å². The average Bonchev–Trinajstić information content (AvgIpc) is 2.46. The molecule has 0 spiro atoms. The van der Waals surface area contributed by atoms with Gasteiger partial charge in [0.1, 0.15) is 0 Å². The van der Waals surface area contributed by atoms with Gasteiger partial charge in [0.05, 0.1) is 12.6 Å². The Labute approximate surface area is 104 Å². The van der Waals surface area contributed by atoms with Gasteiger partial charge in [-0.1, -0.05) is 6.92 Å². The van der Waals surface area contributed by atoms with Crippen molar-refractivity contribution in [3.63, 3.8) is 0 Å². The van der Waals surface area contributed by atoms with E-state index >= 15 is 0 Å². The van der Waals surface area contributed by atoms with Crippen LogP contribution < -0.4 is 0 Å². The number of halogens is 1. The quantitative estimate of drug-likeness (QED) is 0.634.